The SMILES string of the molecule is CCc1nc2ccccn2c1C(=O)NCc1ccc(Cl)cc1. The van der Waals surface area contributed by atoms with Gasteiger partial charge in [-0.05, 0) is 36.2 Å². The van der Waals surface area contributed by atoms with E-state index in [9.17, 15) is 4.79 Å². The minimum atomic E-state index is -0.120. The van der Waals surface area contributed by atoms with Gasteiger partial charge in [-0.3, -0.25) is 9.20 Å². The van der Waals surface area contributed by atoms with E-state index in [4.69, 9.17) is 11.6 Å². The molecule has 3 aromatic rings. The van der Waals surface area contributed by atoms with Crippen molar-refractivity contribution in [1.82, 2.24) is 14.7 Å². The molecule has 0 aliphatic heterocycles. The van der Waals surface area contributed by atoms with Gasteiger partial charge in [0.1, 0.15) is 11.3 Å². The van der Waals surface area contributed by atoms with Gasteiger partial charge < -0.3 is 5.32 Å². The van der Waals surface area contributed by atoms with E-state index in [1.54, 1.807) is 0 Å². The molecule has 0 bridgehead atoms. The molecule has 1 amide bonds. The highest BCUT2D eigenvalue weighted by Gasteiger charge is 2.17. The van der Waals surface area contributed by atoms with E-state index >= 15 is 0 Å². The van der Waals surface area contributed by atoms with E-state index in [2.05, 4.69) is 10.3 Å². The normalized spacial score (nSPS) is 10.8. The number of rotatable bonds is 4. The molecule has 4 nitrogen and oxygen atoms in total. The fourth-order valence-corrected chi connectivity index (χ4v) is 2.53. The second kappa shape index (κ2) is 6.20. The number of nitrogens with zero attached hydrogens (tertiary/aromatic N) is 2. The summed E-state index contributed by atoms with van der Waals surface area (Å²) in [6, 6.07) is 13.1. The number of nitrogens with one attached hydrogen (secondary N) is 1. The van der Waals surface area contributed by atoms with E-state index < -0.39 is 0 Å². The zero-order valence-electron chi connectivity index (χ0n) is 12.2. The first-order valence-electron chi connectivity index (χ1n) is 7.17. The van der Waals surface area contributed by atoms with Crippen LogP contribution >= 0.6 is 11.6 Å². The van der Waals surface area contributed by atoms with Gasteiger partial charge in [0, 0.05) is 17.8 Å². The van der Waals surface area contributed by atoms with Crippen molar-refractivity contribution in [3.8, 4) is 0 Å². The molecule has 0 saturated heterocycles. The minimum Gasteiger partial charge on any atom is -0.347 e. The molecule has 112 valence electrons. The van der Waals surface area contributed by atoms with Crippen LogP contribution in [-0.2, 0) is 13.0 Å². The van der Waals surface area contributed by atoms with E-state index in [1.807, 2.05) is 60.0 Å². The number of carbonyl (C=O) groups is 1. The zero-order valence-corrected chi connectivity index (χ0v) is 13.0. The highest BCUT2D eigenvalue weighted by atomic mass is 35.5. The smallest absolute Gasteiger partial charge is 0.270 e. The Bertz CT molecular complexity index is 808. The first-order valence-corrected chi connectivity index (χ1v) is 7.55. The van der Waals surface area contributed by atoms with E-state index in [0.717, 1.165) is 16.9 Å². The predicted molar refractivity (Wildman–Crippen MR) is 87.2 cm³/mol. The highest BCUT2D eigenvalue weighted by Crippen LogP contribution is 2.14. The van der Waals surface area contributed by atoms with Crippen molar-refractivity contribution in [2.24, 2.45) is 0 Å². The second-order valence-corrected chi connectivity index (χ2v) is 5.44. The zero-order chi connectivity index (χ0) is 15.5. The lowest BCUT2D eigenvalue weighted by atomic mass is 10.2. The summed E-state index contributed by atoms with van der Waals surface area (Å²) in [4.78, 5) is 17.0. The van der Waals surface area contributed by atoms with Gasteiger partial charge in [0.05, 0.1) is 5.69 Å². The Hall–Kier alpha value is -2.33. The molecule has 3 rings (SSSR count). The molecule has 0 atom stereocenters. The number of aromatic nitrogens is 2. The van der Waals surface area contributed by atoms with E-state index in [1.165, 1.54) is 0 Å². The van der Waals surface area contributed by atoms with Gasteiger partial charge in [0.15, 0.2) is 0 Å². The van der Waals surface area contributed by atoms with Crippen molar-refractivity contribution in [2.45, 2.75) is 19.9 Å². The van der Waals surface area contributed by atoms with E-state index in [-0.39, 0.29) is 5.91 Å². The summed E-state index contributed by atoms with van der Waals surface area (Å²) < 4.78 is 1.83. The quantitative estimate of drug-likeness (QED) is 0.801. The standard InChI is InChI=1S/C17H16ClN3O/c1-2-14-16(21-10-4-3-5-15(21)20-14)17(22)19-11-12-6-8-13(18)9-7-12/h3-10H,2,11H2,1H3,(H,19,22). The van der Waals surface area contributed by atoms with Gasteiger partial charge >= 0.3 is 0 Å². The van der Waals surface area contributed by atoms with Crippen molar-refractivity contribution in [3.05, 3.63) is 70.6 Å². The Kier molecular flexibility index (Phi) is 4.11. The minimum absolute atomic E-state index is 0.120. The Labute approximate surface area is 133 Å². The van der Waals surface area contributed by atoms with Crippen LogP contribution in [0.4, 0.5) is 0 Å². The van der Waals surface area contributed by atoms with Crippen LogP contribution in [-0.4, -0.2) is 15.3 Å². The van der Waals surface area contributed by atoms with Gasteiger partial charge in [-0.25, -0.2) is 4.98 Å². The van der Waals surface area contributed by atoms with Crippen LogP contribution < -0.4 is 5.32 Å². The molecule has 0 saturated carbocycles. The molecule has 0 fully saturated rings. The third kappa shape index (κ3) is 2.83. The van der Waals surface area contributed by atoms with Gasteiger partial charge in [0.25, 0.3) is 5.91 Å². The van der Waals surface area contributed by atoms with Crippen molar-refractivity contribution in [2.75, 3.05) is 0 Å². The number of halogens is 1. The molecule has 0 aliphatic carbocycles. The van der Waals surface area contributed by atoms with Crippen LogP contribution in [0.1, 0.15) is 28.7 Å². The average molecular weight is 314 g/mol. The molecule has 5 heteroatoms. The molecule has 0 aliphatic rings. The lowest BCUT2D eigenvalue weighted by Crippen LogP contribution is -2.25. The predicted octanol–water partition coefficient (Wildman–Crippen LogP) is 3.48. The summed E-state index contributed by atoms with van der Waals surface area (Å²) in [7, 11) is 0. The third-order valence-corrected chi connectivity index (χ3v) is 3.77. The second-order valence-electron chi connectivity index (χ2n) is 5.00. The fourth-order valence-electron chi connectivity index (χ4n) is 2.40. The summed E-state index contributed by atoms with van der Waals surface area (Å²) in [5.74, 6) is -0.120. The van der Waals surface area contributed by atoms with Crippen molar-refractivity contribution < 1.29 is 4.79 Å². The molecule has 2 aromatic heterocycles. The maximum atomic E-state index is 12.5. The molecular weight excluding hydrogens is 298 g/mol. The molecule has 0 radical (unpaired) electrons. The number of amides is 1. The highest BCUT2D eigenvalue weighted by molar-refractivity contribution is 6.30. The number of carbonyl (C=O) groups excluding carboxylic acids is 1. The van der Waals surface area contributed by atoms with Crippen LogP contribution in [0.5, 0.6) is 0 Å². The van der Waals surface area contributed by atoms with Gasteiger partial charge in [-0.15, -0.1) is 0 Å². The maximum Gasteiger partial charge on any atom is 0.270 e. The Morgan fingerprint density at radius 2 is 2.00 bits per heavy atom. The number of pyridine rings is 1. The van der Waals surface area contributed by atoms with Gasteiger partial charge in [0.2, 0.25) is 0 Å². The number of imidazole rings is 1. The van der Waals surface area contributed by atoms with Crippen molar-refractivity contribution in [1.29, 1.82) is 0 Å². The number of hydrogen-bond acceptors (Lipinski definition) is 2. The third-order valence-electron chi connectivity index (χ3n) is 3.52. The Morgan fingerprint density at radius 3 is 2.73 bits per heavy atom. The largest absolute Gasteiger partial charge is 0.347 e. The topological polar surface area (TPSA) is 46.4 Å². The average Bonchev–Trinajstić information content (AvgIpc) is 2.92. The summed E-state index contributed by atoms with van der Waals surface area (Å²) >= 11 is 5.86. The number of benzene rings is 1. The first-order chi connectivity index (χ1) is 10.7. The molecule has 2 heterocycles. The summed E-state index contributed by atoms with van der Waals surface area (Å²) in [6.07, 6.45) is 2.57. The van der Waals surface area contributed by atoms with Crippen LogP contribution in [0.2, 0.25) is 5.02 Å². The van der Waals surface area contributed by atoms with Crippen molar-refractivity contribution >= 4 is 23.2 Å². The monoisotopic (exact) mass is 313 g/mol. The van der Waals surface area contributed by atoms with Gasteiger partial charge in [-0.2, -0.15) is 0 Å². The number of aryl methyl sites for hydroxylation is 1. The van der Waals surface area contributed by atoms with E-state index in [0.29, 0.717) is 23.7 Å². The molecular formula is C17H16ClN3O. The number of hydrogen-bond donors (Lipinski definition) is 1. The maximum absolute atomic E-state index is 12.5. The summed E-state index contributed by atoms with van der Waals surface area (Å²) in [5.41, 5.74) is 3.20. The van der Waals surface area contributed by atoms with Crippen LogP contribution in [0.25, 0.3) is 5.65 Å². The lowest BCUT2D eigenvalue weighted by Gasteiger charge is -2.07. The Balaban J connectivity index is 1.84. The Morgan fingerprint density at radius 1 is 1.23 bits per heavy atom. The van der Waals surface area contributed by atoms with Crippen LogP contribution in [0, 0.1) is 0 Å². The van der Waals surface area contributed by atoms with Gasteiger partial charge in [-0.1, -0.05) is 36.7 Å². The molecule has 22 heavy (non-hydrogen) atoms. The summed E-state index contributed by atoms with van der Waals surface area (Å²) in [5, 5.41) is 3.63. The fraction of sp³-hybridized carbons (Fsp3) is 0.176. The molecule has 0 unspecified atom stereocenters. The number of fused-ring (bicyclic) bond motifs is 1. The summed E-state index contributed by atoms with van der Waals surface area (Å²) in [6.45, 7) is 2.46. The van der Waals surface area contributed by atoms with Crippen LogP contribution in [0.15, 0.2) is 48.7 Å². The lowest BCUT2D eigenvalue weighted by molar-refractivity contribution is 0.0944. The van der Waals surface area contributed by atoms with Crippen molar-refractivity contribution in [3.63, 3.8) is 0 Å². The first kappa shape index (κ1) is 14.6. The molecule has 1 aromatic carbocycles. The van der Waals surface area contributed by atoms with Crippen LogP contribution in [0.3, 0.4) is 0 Å². The molecule has 0 spiro atoms. The molecule has 1 N–H and O–H groups in total.